The average Bonchev–Trinajstić information content (AvgIpc) is 2.98. The molecule has 5 nitrogen and oxygen atoms in total. The van der Waals surface area contributed by atoms with Crippen molar-refractivity contribution in [1.29, 1.82) is 0 Å². The van der Waals surface area contributed by atoms with Crippen LogP contribution in [0.15, 0.2) is 33.5 Å². The van der Waals surface area contributed by atoms with E-state index in [1.807, 2.05) is 12.1 Å². The highest BCUT2D eigenvalue weighted by molar-refractivity contribution is 9.10. The molecular weight excluding hydrogens is 401 g/mol. The molecule has 136 valence electrons. The highest BCUT2D eigenvalue weighted by Gasteiger charge is 2.34. The Kier molecular flexibility index (Phi) is 5.33. The van der Waals surface area contributed by atoms with E-state index in [2.05, 4.69) is 30.8 Å². The molecule has 1 saturated heterocycles. The SMILES string of the molecule is CN(c1nccc(C(F)(F)F)n1)C1CCCN(Cc2ccc(Br)o2)C1. The lowest BCUT2D eigenvalue weighted by atomic mass is 10.0. The third-order valence-electron chi connectivity index (χ3n) is 4.29. The summed E-state index contributed by atoms with van der Waals surface area (Å²) in [6.45, 7) is 2.31. The molecule has 0 aliphatic carbocycles. The molecule has 1 aliphatic rings. The second-order valence-corrected chi connectivity index (χ2v) is 6.87. The fourth-order valence-corrected chi connectivity index (χ4v) is 3.33. The van der Waals surface area contributed by atoms with Crippen LogP contribution in [0.5, 0.6) is 0 Å². The van der Waals surface area contributed by atoms with E-state index in [0.717, 1.165) is 37.4 Å². The molecule has 0 N–H and O–H groups in total. The van der Waals surface area contributed by atoms with Crippen LogP contribution in [0, 0.1) is 0 Å². The maximum absolute atomic E-state index is 12.8. The zero-order chi connectivity index (χ0) is 18.0. The van der Waals surface area contributed by atoms with Gasteiger partial charge in [0.2, 0.25) is 5.95 Å². The van der Waals surface area contributed by atoms with E-state index in [9.17, 15) is 13.2 Å². The van der Waals surface area contributed by atoms with Crippen LogP contribution >= 0.6 is 15.9 Å². The van der Waals surface area contributed by atoms with Gasteiger partial charge in [-0.2, -0.15) is 13.2 Å². The number of alkyl halides is 3. The Labute approximate surface area is 152 Å². The third-order valence-corrected chi connectivity index (χ3v) is 4.71. The molecule has 1 fully saturated rings. The molecule has 0 radical (unpaired) electrons. The van der Waals surface area contributed by atoms with Crippen molar-refractivity contribution in [2.75, 3.05) is 25.0 Å². The molecule has 0 bridgehead atoms. The highest BCUT2D eigenvalue weighted by atomic mass is 79.9. The van der Waals surface area contributed by atoms with Gasteiger partial charge < -0.3 is 9.32 Å². The van der Waals surface area contributed by atoms with Gasteiger partial charge >= 0.3 is 6.18 Å². The van der Waals surface area contributed by atoms with Crippen LogP contribution in [0.2, 0.25) is 0 Å². The van der Waals surface area contributed by atoms with Gasteiger partial charge in [0.25, 0.3) is 0 Å². The summed E-state index contributed by atoms with van der Waals surface area (Å²) in [4.78, 5) is 11.7. The van der Waals surface area contributed by atoms with Gasteiger partial charge in [-0.1, -0.05) is 0 Å². The van der Waals surface area contributed by atoms with Gasteiger partial charge in [-0.3, -0.25) is 4.90 Å². The minimum atomic E-state index is -4.47. The number of hydrogen-bond donors (Lipinski definition) is 0. The molecule has 1 unspecified atom stereocenters. The third kappa shape index (κ3) is 4.52. The van der Waals surface area contributed by atoms with E-state index in [4.69, 9.17) is 4.42 Å². The Bertz CT molecular complexity index is 721. The molecule has 3 rings (SSSR count). The Morgan fingerprint density at radius 3 is 2.84 bits per heavy atom. The molecule has 3 heterocycles. The van der Waals surface area contributed by atoms with Crippen LogP contribution in [0.4, 0.5) is 19.1 Å². The van der Waals surface area contributed by atoms with Crippen molar-refractivity contribution in [3.63, 3.8) is 0 Å². The number of likely N-dealkylation sites (N-methyl/N-ethyl adjacent to an activating group) is 1. The van der Waals surface area contributed by atoms with E-state index in [-0.39, 0.29) is 12.0 Å². The first-order valence-corrected chi connectivity index (χ1v) is 8.72. The fourth-order valence-electron chi connectivity index (χ4n) is 2.99. The van der Waals surface area contributed by atoms with E-state index in [1.165, 1.54) is 0 Å². The van der Waals surface area contributed by atoms with E-state index < -0.39 is 11.9 Å². The van der Waals surface area contributed by atoms with E-state index >= 15 is 0 Å². The molecule has 0 aromatic carbocycles. The minimum Gasteiger partial charge on any atom is -0.453 e. The largest absolute Gasteiger partial charge is 0.453 e. The molecule has 0 saturated carbocycles. The van der Waals surface area contributed by atoms with Crippen LogP contribution in [0.25, 0.3) is 0 Å². The van der Waals surface area contributed by atoms with Crippen LogP contribution in [-0.4, -0.2) is 41.0 Å². The molecule has 1 atom stereocenters. The molecule has 9 heteroatoms. The van der Waals surface area contributed by atoms with Crippen LogP contribution in [0.3, 0.4) is 0 Å². The number of rotatable bonds is 4. The number of aromatic nitrogens is 2. The Hall–Kier alpha value is -1.61. The van der Waals surface area contributed by atoms with Crippen molar-refractivity contribution in [3.8, 4) is 0 Å². The van der Waals surface area contributed by atoms with Crippen LogP contribution in [0.1, 0.15) is 24.3 Å². The molecule has 0 amide bonds. The van der Waals surface area contributed by atoms with E-state index in [0.29, 0.717) is 17.8 Å². The Balaban J connectivity index is 1.68. The average molecular weight is 419 g/mol. The summed E-state index contributed by atoms with van der Waals surface area (Å²) in [7, 11) is 1.74. The molecule has 25 heavy (non-hydrogen) atoms. The zero-order valence-electron chi connectivity index (χ0n) is 13.6. The van der Waals surface area contributed by atoms with Gasteiger partial charge in [-0.15, -0.1) is 0 Å². The van der Waals surface area contributed by atoms with Crippen molar-refractivity contribution in [2.45, 2.75) is 31.6 Å². The van der Waals surface area contributed by atoms with Crippen LogP contribution < -0.4 is 4.90 Å². The summed E-state index contributed by atoms with van der Waals surface area (Å²) in [6.07, 6.45) is -1.48. The zero-order valence-corrected chi connectivity index (χ0v) is 15.2. The fraction of sp³-hybridized carbons (Fsp3) is 0.500. The Morgan fingerprint density at radius 2 is 2.16 bits per heavy atom. The summed E-state index contributed by atoms with van der Waals surface area (Å²) in [5.41, 5.74) is -0.919. The maximum Gasteiger partial charge on any atom is 0.433 e. The van der Waals surface area contributed by atoms with Crippen molar-refractivity contribution in [1.82, 2.24) is 14.9 Å². The second kappa shape index (κ2) is 7.33. The van der Waals surface area contributed by atoms with Crippen molar-refractivity contribution in [2.24, 2.45) is 0 Å². The normalized spacial score (nSPS) is 19.2. The van der Waals surface area contributed by atoms with Crippen LogP contribution in [-0.2, 0) is 12.7 Å². The van der Waals surface area contributed by atoms with Gasteiger partial charge in [-0.05, 0) is 53.5 Å². The summed E-state index contributed by atoms with van der Waals surface area (Å²) in [6, 6.07) is 4.70. The predicted molar refractivity (Wildman–Crippen MR) is 90.1 cm³/mol. The molecule has 1 aliphatic heterocycles. The van der Waals surface area contributed by atoms with Crippen molar-refractivity contribution in [3.05, 3.63) is 40.5 Å². The summed E-state index contributed by atoms with van der Waals surface area (Å²) in [5.74, 6) is 0.952. The first-order valence-electron chi connectivity index (χ1n) is 7.92. The van der Waals surface area contributed by atoms with Crippen molar-refractivity contribution >= 4 is 21.9 Å². The summed E-state index contributed by atoms with van der Waals surface area (Å²) in [5, 5.41) is 0. The number of furan rings is 1. The van der Waals surface area contributed by atoms with E-state index in [1.54, 1.807) is 11.9 Å². The van der Waals surface area contributed by atoms with Gasteiger partial charge in [-0.25, -0.2) is 9.97 Å². The van der Waals surface area contributed by atoms with Gasteiger partial charge in [0.1, 0.15) is 11.5 Å². The first kappa shape index (κ1) is 18.2. The molecular formula is C16H18BrF3N4O. The quantitative estimate of drug-likeness (QED) is 0.751. The van der Waals surface area contributed by atoms with Gasteiger partial charge in [0.15, 0.2) is 4.67 Å². The highest BCUT2D eigenvalue weighted by Crippen LogP contribution is 2.29. The lowest BCUT2D eigenvalue weighted by Crippen LogP contribution is -2.46. The van der Waals surface area contributed by atoms with Gasteiger partial charge in [0.05, 0.1) is 6.54 Å². The molecule has 2 aromatic heterocycles. The first-order chi connectivity index (χ1) is 11.8. The van der Waals surface area contributed by atoms with Gasteiger partial charge in [0, 0.05) is 25.8 Å². The van der Waals surface area contributed by atoms with Crippen molar-refractivity contribution < 1.29 is 17.6 Å². The molecule has 0 spiro atoms. The monoisotopic (exact) mass is 418 g/mol. The topological polar surface area (TPSA) is 45.4 Å². The number of piperidine rings is 1. The molecule has 2 aromatic rings. The number of anilines is 1. The lowest BCUT2D eigenvalue weighted by molar-refractivity contribution is -0.141. The number of hydrogen-bond acceptors (Lipinski definition) is 5. The minimum absolute atomic E-state index is 0.0515. The predicted octanol–water partition coefficient (Wildman–Crippen LogP) is 3.95. The lowest BCUT2D eigenvalue weighted by Gasteiger charge is -2.37. The maximum atomic E-state index is 12.8. The standard InChI is InChI=1S/C16H18BrF3N4O/c1-23(15-21-7-6-13(22-15)16(18,19)20)11-3-2-8-24(9-11)10-12-4-5-14(17)25-12/h4-7,11H,2-3,8-10H2,1H3. The summed E-state index contributed by atoms with van der Waals surface area (Å²) >= 11 is 3.28. The number of halogens is 4. The summed E-state index contributed by atoms with van der Waals surface area (Å²) < 4.78 is 44.8. The Morgan fingerprint density at radius 1 is 1.36 bits per heavy atom. The number of likely N-dealkylation sites (tertiary alicyclic amines) is 1. The number of nitrogens with zero attached hydrogens (tertiary/aromatic N) is 4. The second-order valence-electron chi connectivity index (χ2n) is 6.09. The smallest absolute Gasteiger partial charge is 0.433 e.